The predicted molar refractivity (Wildman–Crippen MR) is 106 cm³/mol. The van der Waals surface area contributed by atoms with E-state index >= 15 is 0 Å². The van der Waals surface area contributed by atoms with Gasteiger partial charge in [0.25, 0.3) is 15.9 Å². The highest BCUT2D eigenvalue weighted by atomic mass is 35.5. The quantitative estimate of drug-likeness (QED) is 0.634. The van der Waals surface area contributed by atoms with Crippen LogP contribution in [0.5, 0.6) is 0 Å². The second kappa shape index (κ2) is 7.71. The largest absolute Gasteiger partial charge is 0.345 e. The third-order valence-corrected chi connectivity index (χ3v) is 6.48. The molecule has 2 N–H and O–H groups in total. The molecule has 1 amide bonds. The topological polar surface area (TPSA) is 93.1 Å². The molecule has 0 aliphatic heterocycles. The molecule has 7 nitrogen and oxygen atoms in total. The molecule has 1 aromatic carbocycles. The van der Waals surface area contributed by atoms with Crippen molar-refractivity contribution < 1.29 is 13.2 Å². The molecule has 0 saturated carbocycles. The number of carbonyl (C=O) groups excluding carboxylic acids is 1. The molecule has 0 radical (unpaired) electrons. The number of sulfonamides is 1. The van der Waals surface area contributed by atoms with E-state index in [0.29, 0.717) is 10.7 Å². The summed E-state index contributed by atoms with van der Waals surface area (Å²) in [6.45, 7) is 1.80. The van der Waals surface area contributed by atoms with Crippen molar-refractivity contribution in [3.05, 3.63) is 63.6 Å². The fourth-order valence-corrected chi connectivity index (χ4v) is 5.04. The van der Waals surface area contributed by atoms with Gasteiger partial charge in [-0.05, 0) is 36.1 Å². The van der Waals surface area contributed by atoms with Gasteiger partial charge < -0.3 is 5.32 Å². The summed E-state index contributed by atoms with van der Waals surface area (Å²) in [7, 11) is -2.24. The number of halogens is 1. The summed E-state index contributed by atoms with van der Waals surface area (Å²) in [6, 6.07) is 8.20. The van der Waals surface area contributed by atoms with Gasteiger partial charge in [0.1, 0.15) is 9.77 Å². The van der Waals surface area contributed by atoms with Crippen LogP contribution in [0.3, 0.4) is 0 Å². The Bertz CT molecular complexity index is 1080. The maximum Gasteiger partial charge on any atom is 0.263 e. The lowest BCUT2D eigenvalue weighted by molar-refractivity contribution is 0.0941. The first-order valence-electron chi connectivity index (χ1n) is 7.91. The van der Waals surface area contributed by atoms with Gasteiger partial charge >= 0.3 is 0 Å². The van der Waals surface area contributed by atoms with Crippen LogP contribution in [-0.2, 0) is 17.1 Å². The number of hydrogen-bond acceptors (Lipinski definition) is 5. The first-order chi connectivity index (χ1) is 12.8. The highest BCUT2D eigenvalue weighted by Gasteiger charge is 2.25. The van der Waals surface area contributed by atoms with Crippen LogP contribution in [-0.4, -0.2) is 24.1 Å². The summed E-state index contributed by atoms with van der Waals surface area (Å²) in [6.07, 6.45) is 2.93. The van der Waals surface area contributed by atoms with Crippen molar-refractivity contribution in [2.45, 2.75) is 17.9 Å². The summed E-state index contributed by atoms with van der Waals surface area (Å²) in [5.74, 6) is -0.468. The van der Waals surface area contributed by atoms with E-state index in [1.54, 1.807) is 37.6 Å². The Hall–Kier alpha value is -2.36. The van der Waals surface area contributed by atoms with Gasteiger partial charge in [-0.15, -0.1) is 11.3 Å². The molecule has 1 atom stereocenters. The number of anilines is 1. The van der Waals surface area contributed by atoms with Crippen LogP contribution in [0.2, 0.25) is 5.02 Å². The molecular weight excluding hydrogens is 408 g/mol. The normalized spacial score (nSPS) is 12.6. The minimum Gasteiger partial charge on any atom is -0.345 e. The Morgan fingerprint density at radius 1 is 1.33 bits per heavy atom. The van der Waals surface area contributed by atoms with Gasteiger partial charge in [-0.1, -0.05) is 23.7 Å². The molecule has 0 aliphatic rings. The van der Waals surface area contributed by atoms with Gasteiger partial charge in [0, 0.05) is 18.3 Å². The van der Waals surface area contributed by atoms with Crippen LogP contribution < -0.4 is 10.0 Å². The summed E-state index contributed by atoms with van der Waals surface area (Å²) < 4.78 is 29.2. The molecule has 0 saturated heterocycles. The molecule has 0 bridgehead atoms. The lowest BCUT2D eigenvalue weighted by Crippen LogP contribution is -2.27. The molecule has 10 heteroatoms. The van der Waals surface area contributed by atoms with Crippen LogP contribution in [0.25, 0.3) is 0 Å². The number of aryl methyl sites for hydroxylation is 1. The average Bonchev–Trinajstić information content (AvgIpc) is 3.24. The SMILES string of the molecule is CC(NC(=O)c1sccc1S(=O)(=O)Nc1cnn(C)c1)c1cccc(Cl)c1. The zero-order chi connectivity index (χ0) is 19.6. The first-order valence-corrected chi connectivity index (χ1v) is 10.7. The zero-order valence-electron chi connectivity index (χ0n) is 14.5. The van der Waals surface area contributed by atoms with Crippen LogP contribution in [0.15, 0.2) is 53.0 Å². The van der Waals surface area contributed by atoms with Crippen molar-refractivity contribution >= 4 is 44.6 Å². The van der Waals surface area contributed by atoms with Crippen molar-refractivity contribution in [3.8, 4) is 0 Å². The van der Waals surface area contributed by atoms with Gasteiger partial charge in [-0.2, -0.15) is 5.10 Å². The summed E-state index contributed by atoms with van der Waals surface area (Å²) in [5, 5.41) is 8.86. The minimum atomic E-state index is -3.91. The summed E-state index contributed by atoms with van der Waals surface area (Å²) >= 11 is 7.05. The van der Waals surface area contributed by atoms with E-state index in [9.17, 15) is 13.2 Å². The molecule has 2 heterocycles. The van der Waals surface area contributed by atoms with Gasteiger partial charge in [-0.3, -0.25) is 14.2 Å². The molecule has 1 unspecified atom stereocenters. The van der Waals surface area contributed by atoms with E-state index in [-0.39, 0.29) is 15.8 Å². The van der Waals surface area contributed by atoms with E-state index in [1.165, 1.54) is 23.1 Å². The monoisotopic (exact) mass is 424 g/mol. The summed E-state index contributed by atoms with van der Waals surface area (Å²) in [5.41, 5.74) is 1.15. The van der Waals surface area contributed by atoms with Crippen LogP contribution in [0, 0.1) is 0 Å². The maximum atomic E-state index is 12.7. The molecule has 3 rings (SSSR count). The van der Waals surface area contributed by atoms with Crippen LogP contribution in [0.1, 0.15) is 28.2 Å². The predicted octanol–water partition coefficient (Wildman–Crippen LogP) is 3.43. The lowest BCUT2D eigenvalue weighted by Gasteiger charge is -2.15. The number of aromatic nitrogens is 2. The second-order valence-corrected chi connectivity index (χ2v) is 8.88. The highest BCUT2D eigenvalue weighted by Crippen LogP contribution is 2.25. The maximum absolute atomic E-state index is 12.7. The Morgan fingerprint density at radius 2 is 2.11 bits per heavy atom. The van der Waals surface area contributed by atoms with Crippen molar-refractivity contribution in [1.29, 1.82) is 0 Å². The van der Waals surface area contributed by atoms with Crippen molar-refractivity contribution in [2.24, 2.45) is 7.05 Å². The third-order valence-electron chi connectivity index (χ3n) is 3.78. The van der Waals surface area contributed by atoms with Gasteiger partial charge in [-0.25, -0.2) is 8.42 Å². The van der Waals surface area contributed by atoms with Crippen molar-refractivity contribution in [2.75, 3.05) is 4.72 Å². The van der Waals surface area contributed by atoms with Crippen LogP contribution in [0.4, 0.5) is 5.69 Å². The Kier molecular flexibility index (Phi) is 5.54. The second-order valence-electron chi connectivity index (χ2n) is 5.87. The Labute approximate surface area is 166 Å². The molecular formula is C17H17ClN4O3S2. The molecule has 142 valence electrons. The lowest BCUT2D eigenvalue weighted by atomic mass is 10.1. The van der Waals surface area contributed by atoms with Crippen LogP contribution >= 0.6 is 22.9 Å². The zero-order valence-corrected chi connectivity index (χ0v) is 16.9. The van der Waals surface area contributed by atoms with Gasteiger partial charge in [0.05, 0.1) is 17.9 Å². The fraction of sp³-hybridized carbons (Fsp3) is 0.176. The number of amides is 1. The molecule has 3 aromatic rings. The van der Waals surface area contributed by atoms with Gasteiger partial charge in [0.2, 0.25) is 0 Å². The molecule has 27 heavy (non-hydrogen) atoms. The molecule has 0 aliphatic carbocycles. The number of hydrogen-bond donors (Lipinski definition) is 2. The third kappa shape index (κ3) is 4.49. The number of benzene rings is 1. The van der Waals surface area contributed by atoms with E-state index in [4.69, 9.17) is 11.6 Å². The van der Waals surface area contributed by atoms with Gasteiger partial charge in [0.15, 0.2) is 0 Å². The Balaban J connectivity index is 1.80. The standard InChI is InChI=1S/C17H17ClN4O3S2/c1-11(12-4-3-5-13(18)8-12)20-17(23)16-15(6-7-26-16)27(24,25)21-14-9-19-22(2)10-14/h3-11,21H,1-2H3,(H,20,23). The number of carbonyl (C=O) groups is 1. The summed E-state index contributed by atoms with van der Waals surface area (Å²) in [4.78, 5) is 12.7. The highest BCUT2D eigenvalue weighted by molar-refractivity contribution is 7.93. The Morgan fingerprint density at radius 3 is 2.78 bits per heavy atom. The first kappa shape index (κ1) is 19.4. The molecule has 0 fully saturated rings. The molecule has 0 spiro atoms. The van der Waals surface area contributed by atoms with E-state index in [2.05, 4.69) is 15.1 Å². The number of thiophene rings is 1. The molecule has 2 aromatic heterocycles. The van der Waals surface area contributed by atoms with E-state index in [1.807, 2.05) is 6.07 Å². The number of nitrogens with one attached hydrogen (secondary N) is 2. The minimum absolute atomic E-state index is 0.0767. The van der Waals surface area contributed by atoms with E-state index < -0.39 is 15.9 Å². The van der Waals surface area contributed by atoms with Crippen molar-refractivity contribution in [1.82, 2.24) is 15.1 Å². The number of nitrogens with zero attached hydrogens (tertiary/aromatic N) is 2. The smallest absolute Gasteiger partial charge is 0.263 e. The average molecular weight is 425 g/mol. The number of rotatable bonds is 6. The fourth-order valence-electron chi connectivity index (χ4n) is 2.48. The van der Waals surface area contributed by atoms with E-state index in [0.717, 1.165) is 16.9 Å². The van der Waals surface area contributed by atoms with Crippen molar-refractivity contribution in [3.63, 3.8) is 0 Å².